The number of nitrogens with zero attached hydrogens (tertiary/aromatic N) is 3. The zero-order chi connectivity index (χ0) is 16.4. The maximum absolute atomic E-state index is 11.0. The topological polar surface area (TPSA) is 112 Å². The van der Waals surface area contributed by atoms with Crippen molar-refractivity contribution in [3.8, 4) is 0 Å². The van der Waals surface area contributed by atoms with E-state index >= 15 is 0 Å². The van der Waals surface area contributed by atoms with Crippen LogP contribution in [0.25, 0.3) is 23.1 Å². The van der Waals surface area contributed by atoms with Crippen LogP contribution in [0.4, 0.5) is 11.6 Å². The molecule has 0 unspecified atom stereocenters. The number of para-hydroxylation sites is 1. The van der Waals surface area contributed by atoms with Gasteiger partial charge in [-0.15, -0.1) is 0 Å². The van der Waals surface area contributed by atoms with E-state index in [1.165, 1.54) is 24.3 Å². The van der Waals surface area contributed by atoms with Crippen molar-refractivity contribution in [3.63, 3.8) is 0 Å². The van der Waals surface area contributed by atoms with Crippen molar-refractivity contribution >= 4 is 34.6 Å². The Hall–Kier alpha value is -3.55. The molecule has 0 spiro atoms. The Labute approximate surface area is 129 Å². The molecule has 0 fully saturated rings. The minimum absolute atomic E-state index is 0.0774. The van der Waals surface area contributed by atoms with Crippen LogP contribution in [-0.4, -0.2) is 14.8 Å². The molecule has 0 saturated heterocycles. The molecule has 8 nitrogen and oxygen atoms in total. The van der Waals surface area contributed by atoms with Crippen molar-refractivity contribution < 1.29 is 14.3 Å². The molecule has 0 radical (unpaired) electrons. The number of rotatable bonds is 4. The van der Waals surface area contributed by atoms with E-state index in [-0.39, 0.29) is 17.1 Å². The van der Waals surface area contributed by atoms with Crippen LogP contribution in [0.2, 0.25) is 0 Å². The molecule has 2 heterocycles. The van der Waals surface area contributed by atoms with Crippen LogP contribution >= 0.6 is 0 Å². The van der Waals surface area contributed by atoms with Crippen molar-refractivity contribution in [1.82, 2.24) is 4.98 Å². The number of fused-ring (bicyclic) bond motifs is 1. The molecule has 0 aliphatic rings. The van der Waals surface area contributed by atoms with Crippen LogP contribution in [0, 0.1) is 20.2 Å². The maximum Gasteiger partial charge on any atom is 0.433 e. The number of benzene rings is 1. The summed E-state index contributed by atoms with van der Waals surface area (Å²) in [6.07, 6.45) is 3.08. The van der Waals surface area contributed by atoms with Gasteiger partial charge in [-0.1, -0.05) is 18.2 Å². The second-order valence-corrected chi connectivity index (χ2v) is 4.61. The van der Waals surface area contributed by atoms with Crippen LogP contribution in [0.1, 0.15) is 11.5 Å². The first-order valence-electron chi connectivity index (χ1n) is 6.51. The molecule has 0 saturated carbocycles. The van der Waals surface area contributed by atoms with Crippen LogP contribution in [0.3, 0.4) is 0 Å². The van der Waals surface area contributed by atoms with Crippen LogP contribution in [0.15, 0.2) is 46.9 Å². The minimum Gasteiger partial charge on any atom is -0.401 e. The Balaban J connectivity index is 1.96. The van der Waals surface area contributed by atoms with Crippen molar-refractivity contribution in [3.05, 3.63) is 74.1 Å². The molecule has 0 aliphatic heterocycles. The standard InChI is InChI=1S/C15H9N3O5/c19-17(20)13-3-1-2-10-4-5-11(16-15(10)13)6-7-12-8-9-14(23-12)18(21)22/h1-9H/b7-6+. The van der Waals surface area contributed by atoms with Gasteiger partial charge in [0.15, 0.2) is 0 Å². The number of furan rings is 1. The van der Waals surface area contributed by atoms with E-state index in [1.807, 2.05) is 0 Å². The molecule has 3 rings (SSSR count). The van der Waals surface area contributed by atoms with Crippen LogP contribution in [-0.2, 0) is 0 Å². The van der Waals surface area contributed by atoms with Crippen molar-refractivity contribution in [2.45, 2.75) is 0 Å². The molecule has 3 aromatic rings. The fraction of sp³-hybridized carbons (Fsp3) is 0. The average molecular weight is 311 g/mol. The summed E-state index contributed by atoms with van der Waals surface area (Å²) in [5.41, 5.74) is 0.683. The van der Waals surface area contributed by atoms with Gasteiger partial charge in [-0.25, -0.2) is 4.98 Å². The van der Waals surface area contributed by atoms with Gasteiger partial charge in [-0.2, -0.15) is 0 Å². The van der Waals surface area contributed by atoms with E-state index in [9.17, 15) is 20.2 Å². The number of hydrogen-bond donors (Lipinski definition) is 0. The monoisotopic (exact) mass is 311 g/mol. The number of non-ortho nitro benzene ring substituents is 1. The molecule has 0 amide bonds. The van der Waals surface area contributed by atoms with Crippen LogP contribution in [0.5, 0.6) is 0 Å². The second-order valence-electron chi connectivity index (χ2n) is 4.61. The molecular formula is C15H9N3O5. The van der Waals surface area contributed by atoms with Gasteiger partial charge in [-0.3, -0.25) is 20.2 Å². The fourth-order valence-corrected chi connectivity index (χ4v) is 2.08. The molecule has 23 heavy (non-hydrogen) atoms. The Morgan fingerprint density at radius 2 is 1.78 bits per heavy atom. The highest BCUT2D eigenvalue weighted by atomic mass is 16.6. The van der Waals surface area contributed by atoms with Gasteiger partial charge >= 0.3 is 5.88 Å². The minimum atomic E-state index is -0.630. The molecule has 8 heteroatoms. The van der Waals surface area contributed by atoms with E-state index in [0.717, 1.165) is 0 Å². The molecule has 0 bridgehead atoms. The summed E-state index contributed by atoms with van der Waals surface area (Å²) in [4.78, 5) is 24.7. The first kappa shape index (κ1) is 14.4. The highest BCUT2D eigenvalue weighted by Crippen LogP contribution is 2.24. The smallest absolute Gasteiger partial charge is 0.401 e. The summed E-state index contributed by atoms with van der Waals surface area (Å²) < 4.78 is 4.99. The zero-order valence-corrected chi connectivity index (χ0v) is 11.6. The van der Waals surface area contributed by atoms with Gasteiger partial charge in [0, 0.05) is 11.5 Å². The first-order valence-corrected chi connectivity index (χ1v) is 6.51. The molecule has 0 N–H and O–H groups in total. The molecule has 114 valence electrons. The van der Waals surface area contributed by atoms with Gasteiger partial charge in [0.2, 0.25) is 0 Å². The lowest BCUT2D eigenvalue weighted by Crippen LogP contribution is -1.92. The fourth-order valence-electron chi connectivity index (χ4n) is 2.08. The highest BCUT2D eigenvalue weighted by molar-refractivity contribution is 5.88. The lowest BCUT2D eigenvalue weighted by Gasteiger charge is -2.00. The predicted octanol–water partition coefficient (Wildman–Crippen LogP) is 3.81. The predicted molar refractivity (Wildman–Crippen MR) is 82.7 cm³/mol. The Bertz CT molecular complexity index is 945. The highest BCUT2D eigenvalue weighted by Gasteiger charge is 2.13. The average Bonchev–Trinajstić information content (AvgIpc) is 3.01. The van der Waals surface area contributed by atoms with Gasteiger partial charge in [-0.05, 0) is 24.3 Å². The van der Waals surface area contributed by atoms with E-state index in [0.29, 0.717) is 16.8 Å². The number of hydrogen-bond acceptors (Lipinski definition) is 6. The molecule has 0 aliphatic carbocycles. The van der Waals surface area contributed by atoms with E-state index < -0.39 is 9.85 Å². The van der Waals surface area contributed by atoms with E-state index in [4.69, 9.17) is 4.42 Å². The van der Waals surface area contributed by atoms with Crippen molar-refractivity contribution in [2.75, 3.05) is 0 Å². The lowest BCUT2D eigenvalue weighted by atomic mass is 10.1. The van der Waals surface area contributed by atoms with E-state index in [2.05, 4.69) is 4.98 Å². The number of nitro benzene ring substituents is 1. The van der Waals surface area contributed by atoms with E-state index in [1.54, 1.807) is 30.3 Å². The largest absolute Gasteiger partial charge is 0.433 e. The Kier molecular flexibility index (Phi) is 3.55. The summed E-state index contributed by atoms with van der Waals surface area (Å²) >= 11 is 0. The van der Waals surface area contributed by atoms with Crippen LogP contribution < -0.4 is 0 Å². The van der Waals surface area contributed by atoms with Gasteiger partial charge in [0.1, 0.15) is 16.2 Å². The summed E-state index contributed by atoms with van der Waals surface area (Å²) in [7, 11) is 0. The summed E-state index contributed by atoms with van der Waals surface area (Å²) in [5, 5.41) is 22.2. The Morgan fingerprint density at radius 1 is 0.957 bits per heavy atom. The van der Waals surface area contributed by atoms with Gasteiger partial charge in [0.25, 0.3) is 5.69 Å². The molecular weight excluding hydrogens is 302 g/mol. The third kappa shape index (κ3) is 2.91. The number of pyridine rings is 1. The quantitative estimate of drug-likeness (QED) is 0.534. The summed E-state index contributed by atoms with van der Waals surface area (Å²) in [6.45, 7) is 0. The first-order chi connectivity index (χ1) is 11.0. The third-order valence-electron chi connectivity index (χ3n) is 3.13. The maximum atomic E-state index is 11.0. The van der Waals surface area contributed by atoms with Crippen molar-refractivity contribution in [1.29, 1.82) is 0 Å². The normalized spacial score (nSPS) is 11.1. The molecule has 1 aromatic carbocycles. The summed E-state index contributed by atoms with van der Waals surface area (Å²) in [6, 6.07) is 10.8. The number of nitro groups is 2. The lowest BCUT2D eigenvalue weighted by molar-refractivity contribution is -0.402. The Morgan fingerprint density at radius 3 is 2.48 bits per heavy atom. The molecule has 2 aromatic heterocycles. The van der Waals surface area contributed by atoms with Gasteiger partial charge < -0.3 is 4.42 Å². The van der Waals surface area contributed by atoms with Gasteiger partial charge in [0.05, 0.1) is 16.7 Å². The zero-order valence-electron chi connectivity index (χ0n) is 11.6. The number of aromatic nitrogens is 1. The van der Waals surface area contributed by atoms with Crippen molar-refractivity contribution in [2.24, 2.45) is 0 Å². The SMILES string of the molecule is O=[N+]([O-])c1ccc(/C=C/c2ccc3cccc([N+](=O)[O-])c3n2)o1. The third-order valence-corrected chi connectivity index (χ3v) is 3.13. The molecule has 0 atom stereocenters. The second kappa shape index (κ2) is 5.68. The summed E-state index contributed by atoms with van der Waals surface area (Å²) in [5.74, 6) is -0.0621.